The number of carboxylic acids is 1. The highest BCUT2D eigenvalue weighted by Crippen LogP contribution is 2.57. The second-order valence-corrected chi connectivity index (χ2v) is 4.29. The van der Waals surface area contributed by atoms with Crippen molar-refractivity contribution >= 4 is 18.4 Å². The Morgan fingerprint density at radius 1 is 1.64 bits per heavy atom. The Balaban J connectivity index is 0.000000980. The van der Waals surface area contributed by atoms with Crippen LogP contribution in [0.3, 0.4) is 0 Å². The third kappa shape index (κ3) is 1.55. The largest absolute Gasteiger partial charge is 0.481 e. The summed E-state index contributed by atoms with van der Waals surface area (Å²) in [6.45, 7) is 0.505. The fourth-order valence-corrected chi connectivity index (χ4v) is 2.90. The monoisotopic (exact) mass is 217 g/mol. The smallest absolute Gasteiger partial charge is 0.303 e. The molecule has 2 aliphatic rings. The van der Waals surface area contributed by atoms with Crippen LogP contribution < -0.4 is 5.73 Å². The predicted molar refractivity (Wildman–Crippen MR) is 56.3 cm³/mol. The summed E-state index contributed by atoms with van der Waals surface area (Å²) in [6.07, 6.45) is 6.66. The SMILES string of the molecule is Cl.NC[C@]1(CC(=O)O)C[C@H]2CC=C[C@H]21. The van der Waals surface area contributed by atoms with E-state index >= 15 is 0 Å². The van der Waals surface area contributed by atoms with Gasteiger partial charge in [0, 0.05) is 0 Å². The van der Waals surface area contributed by atoms with Crippen molar-refractivity contribution in [3.05, 3.63) is 12.2 Å². The van der Waals surface area contributed by atoms with Crippen LogP contribution in [0.2, 0.25) is 0 Å². The van der Waals surface area contributed by atoms with Crippen molar-refractivity contribution < 1.29 is 9.90 Å². The van der Waals surface area contributed by atoms with E-state index in [9.17, 15) is 4.79 Å². The van der Waals surface area contributed by atoms with Crippen LogP contribution in [0.1, 0.15) is 19.3 Å². The lowest BCUT2D eigenvalue weighted by molar-refractivity contribution is -0.144. The summed E-state index contributed by atoms with van der Waals surface area (Å²) in [7, 11) is 0. The molecule has 3 atom stereocenters. The Morgan fingerprint density at radius 3 is 2.86 bits per heavy atom. The van der Waals surface area contributed by atoms with Crippen molar-refractivity contribution in [3.8, 4) is 0 Å². The van der Waals surface area contributed by atoms with Crippen molar-refractivity contribution in [1.29, 1.82) is 0 Å². The van der Waals surface area contributed by atoms with Gasteiger partial charge in [0.15, 0.2) is 0 Å². The first kappa shape index (κ1) is 11.5. The lowest BCUT2D eigenvalue weighted by atomic mass is 9.53. The lowest BCUT2D eigenvalue weighted by Crippen LogP contribution is -2.51. The zero-order valence-corrected chi connectivity index (χ0v) is 8.80. The van der Waals surface area contributed by atoms with Gasteiger partial charge in [-0.1, -0.05) is 12.2 Å². The maximum Gasteiger partial charge on any atom is 0.303 e. The van der Waals surface area contributed by atoms with E-state index in [0.717, 1.165) is 12.8 Å². The molecule has 14 heavy (non-hydrogen) atoms. The Bertz CT molecular complexity index is 267. The molecular weight excluding hydrogens is 202 g/mol. The van der Waals surface area contributed by atoms with Crippen LogP contribution in [0.15, 0.2) is 12.2 Å². The molecule has 0 aromatic carbocycles. The van der Waals surface area contributed by atoms with Gasteiger partial charge in [0.25, 0.3) is 0 Å². The van der Waals surface area contributed by atoms with E-state index in [-0.39, 0.29) is 24.2 Å². The number of carbonyl (C=O) groups is 1. The van der Waals surface area contributed by atoms with Crippen molar-refractivity contribution in [2.75, 3.05) is 6.54 Å². The molecule has 0 unspecified atom stereocenters. The van der Waals surface area contributed by atoms with E-state index < -0.39 is 5.97 Å². The van der Waals surface area contributed by atoms with Crippen molar-refractivity contribution in [2.24, 2.45) is 23.0 Å². The van der Waals surface area contributed by atoms with E-state index in [1.54, 1.807) is 0 Å². The first-order valence-electron chi connectivity index (χ1n) is 4.76. The minimum Gasteiger partial charge on any atom is -0.481 e. The van der Waals surface area contributed by atoms with E-state index in [1.807, 2.05) is 0 Å². The molecular formula is C10H16ClNO2. The maximum atomic E-state index is 10.7. The highest BCUT2D eigenvalue weighted by molar-refractivity contribution is 5.85. The second kappa shape index (κ2) is 3.91. The van der Waals surface area contributed by atoms with Crippen LogP contribution in [-0.2, 0) is 4.79 Å². The molecule has 0 heterocycles. The maximum absolute atomic E-state index is 10.7. The summed E-state index contributed by atoms with van der Waals surface area (Å²) in [5.41, 5.74) is 5.55. The van der Waals surface area contributed by atoms with Crippen LogP contribution in [-0.4, -0.2) is 17.6 Å². The van der Waals surface area contributed by atoms with Crippen LogP contribution in [0.5, 0.6) is 0 Å². The number of hydrogen-bond acceptors (Lipinski definition) is 2. The van der Waals surface area contributed by atoms with Crippen LogP contribution >= 0.6 is 12.4 Å². The van der Waals surface area contributed by atoms with Gasteiger partial charge >= 0.3 is 5.97 Å². The number of allylic oxidation sites excluding steroid dienone is 2. The summed E-state index contributed by atoms with van der Waals surface area (Å²) in [4.78, 5) is 10.7. The van der Waals surface area contributed by atoms with E-state index in [1.165, 1.54) is 0 Å². The number of nitrogens with two attached hydrogens (primary N) is 1. The molecule has 0 spiro atoms. The molecule has 3 N–H and O–H groups in total. The molecule has 0 bridgehead atoms. The summed E-state index contributed by atoms with van der Waals surface area (Å²) >= 11 is 0. The fourth-order valence-electron chi connectivity index (χ4n) is 2.90. The van der Waals surface area contributed by atoms with E-state index in [2.05, 4.69) is 12.2 Å². The average Bonchev–Trinajstić information content (AvgIpc) is 2.43. The zero-order valence-electron chi connectivity index (χ0n) is 7.98. The Labute approximate surface area is 89.8 Å². The number of carboxylic acid groups (broad SMARTS) is 1. The van der Waals surface area contributed by atoms with Gasteiger partial charge in [-0.05, 0) is 36.6 Å². The quantitative estimate of drug-likeness (QED) is 0.703. The zero-order chi connectivity index (χ0) is 9.47. The summed E-state index contributed by atoms with van der Waals surface area (Å²) in [6, 6.07) is 0. The molecule has 0 saturated heterocycles. The molecule has 2 rings (SSSR count). The molecule has 3 nitrogen and oxygen atoms in total. The molecule has 0 aromatic heterocycles. The Hall–Kier alpha value is -0.540. The van der Waals surface area contributed by atoms with Crippen LogP contribution in [0.4, 0.5) is 0 Å². The molecule has 0 amide bonds. The molecule has 2 aliphatic carbocycles. The topological polar surface area (TPSA) is 63.3 Å². The Morgan fingerprint density at radius 2 is 2.36 bits per heavy atom. The standard InChI is InChI=1S/C10H15NO2.ClH/c11-6-10(5-9(12)13)4-7-2-1-3-8(7)10;/h1,3,7-8H,2,4-6,11H2,(H,12,13);1H/t7-,8-,10-;/m1./s1. The number of rotatable bonds is 3. The summed E-state index contributed by atoms with van der Waals surface area (Å²) in [5, 5.41) is 8.79. The first-order valence-corrected chi connectivity index (χ1v) is 4.76. The van der Waals surface area contributed by atoms with E-state index in [0.29, 0.717) is 18.4 Å². The van der Waals surface area contributed by atoms with Gasteiger partial charge in [0.2, 0.25) is 0 Å². The van der Waals surface area contributed by atoms with Gasteiger partial charge in [-0.15, -0.1) is 12.4 Å². The first-order chi connectivity index (χ1) is 6.18. The molecule has 0 aliphatic heterocycles. The number of aliphatic carboxylic acids is 1. The summed E-state index contributed by atoms with van der Waals surface area (Å²) < 4.78 is 0. The van der Waals surface area contributed by atoms with Gasteiger partial charge < -0.3 is 10.8 Å². The Kier molecular flexibility index (Phi) is 3.22. The normalized spacial score (nSPS) is 38.4. The summed E-state index contributed by atoms with van der Waals surface area (Å²) in [5.74, 6) is 0.403. The van der Waals surface area contributed by atoms with E-state index in [4.69, 9.17) is 10.8 Å². The fraction of sp³-hybridized carbons (Fsp3) is 0.700. The molecule has 1 saturated carbocycles. The highest BCUT2D eigenvalue weighted by atomic mass is 35.5. The van der Waals surface area contributed by atoms with Crippen LogP contribution in [0, 0.1) is 17.3 Å². The minimum absolute atomic E-state index is 0. The van der Waals surface area contributed by atoms with Crippen molar-refractivity contribution in [1.82, 2.24) is 0 Å². The number of fused-ring (bicyclic) bond motifs is 1. The molecule has 4 heteroatoms. The highest BCUT2D eigenvalue weighted by Gasteiger charge is 2.53. The lowest BCUT2D eigenvalue weighted by Gasteiger charge is -2.51. The van der Waals surface area contributed by atoms with Crippen molar-refractivity contribution in [2.45, 2.75) is 19.3 Å². The third-order valence-electron chi connectivity index (χ3n) is 3.58. The minimum atomic E-state index is -0.718. The number of hydrogen-bond donors (Lipinski definition) is 2. The predicted octanol–water partition coefficient (Wildman–Crippen LogP) is 1.42. The van der Waals surface area contributed by atoms with Gasteiger partial charge in [0.1, 0.15) is 0 Å². The second-order valence-electron chi connectivity index (χ2n) is 4.29. The molecule has 0 radical (unpaired) electrons. The van der Waals surface area contributed by atoms with Gasteiger partial charge in [0.05, 0.1) is 6.42 Å². The van der Waals surface area contributed by atoms with Crippen LogP contribution in [0.25, 0.3) is 0 Å². The molecule has 80 valence electrons. The molecule has 0 aromatic rings. The third-order valence-corrected chi connectivity index (χ3v) is 3.58. The molecule has 1 fully saturated rings. The average molecular weight is 218 g/mol. The van der Waals surface area contributed by atoms with Gasteiger partial charge in [-0.25, -0.2) is 0 Å². The van der Waals surface area contributed by atoms with Gasteiger partial charge in [-0.2, -0.15) is 0 Å². The van der Waals surface area contributed by atoms with Crippen molar-refractivity contribution in [3.63, 3.8) is 0 Å². The van der Waals surface area contributed by atoms with Gasteiger partial charge in [-0.3, -0.25) is 4.79 Å². The number of halogens is 1.